The molecule has 0 fully saturated rings. The number of carbonyl (C=O) groups excluding carboxylic acids is 1. The third-order valence-electron chi connectivity index (χ3n) is 9.09. The van der Waals surface area contributed by atoms with Gasteiger partial charge in [-0.2, -0.15) is 0 Å². The predicted octanol–water partition coefficient (Wildman–Crippen LogP) is 8.56. The van der Waals surface area contributed by atoms with Gasteiger partial charge in [0.25, 0.3) is 5.56 Å². The van der Waals surface area contributed by atoms with E-state index >= 15 is 0 Å². The maximum atomic E-state index is 14.5. The summed E-state index contributed by atoms with van der Waals surface area (Å²) in [6.07, 6.45) is 1.82. The van der Waals surface area contributed by atoms with Gasteiger partial charge in [-0.05, 0) is 80.0 Å². The van der Waals surface area contributed by atoms with Crippen molar-refractivity contribution in [3.63, 3.8) is 0 Å². The SMILES string of the molecule is CCOC(=O)C1=C(c2ccccc2)N=c2s/c(=C\c3cc(Br)c(OCc4cccc5ccccc45)c(OC)c3)c(=O)n2[C@H]1c1ccc(C(C)C)cc1. The second-order valence-corrected chi connectivity index (χ2v) is 14.6. The van der Waals surface area contributed by atoms with Crippen LogP contribution in [0, 0.1) is 0 Å². The lowest BCUT2D eigenvalue weighted by Gasteiger charge is -2.26. The van der Waals surface area contributed by atoms with Crippen molar-refractivity contribution in [2.24, 2.45) is 4.99 Å². The number of ether oxygens (including phenoxy) is 3. The van der Waals surface area contributed by atoms with Crippen LogP contribution in [0.15, 0.2) is 129 Å². The Morgan fingerprint density at radius 2 is 1.69 bits per heavy atom. The van der Waals surface area contributed by atoms with E-state index in [1.807, 2.05) is 78.9 Å². The van der Waals surface area contributed by atoms with Crippen molar-refractivity contribution in [1.82, 2.24) is 4.57 Å². The highest BCUT2D eigenvalue weighted by Gasteiger charge is 2.35. The summed E-state index contributed by atoms with van der Waals surface area (Å²) >= 11 is 4.97. The number of halogens is 1. The minimum Gasteiger partial charge on any atom is -0.493 e. The summed E-state index contributed by atoms with van der Waals surface area (Å²) in [5.74, 6) is 0.894. The zero-order chi connectivity index (χ0) is 36.4. The molecule has 0 radical (unpaired) electrons. The van der Waals surface area contributed by atoms with Crippen molar-refractivity contribution in [1.29, 1.82) is 0 Å². The number of methoxy groups -OCH3 is 1. The molecular weight excluding hydrogens is 736 g/mol. The molecule has 52 heavy (non-hydrogen) atoms. The Morgan fingerprint density at radius 3 is 2.42 bits per heavy atom. The van der Waals surface area contributed by atoms with Gasteiger partial charge in [-0.1, -0.05) is 122 Å². The summed E-state index contributed by atoms with van der Waals surface area (Å²) in [7, 11) is 1.59. The maximum absolute atomic E-state index is 14.5. The summed E-state index contributed by atoms with van der Waals surface area (Å²) in [4.78, 5) is 33.7. The van der Waals surface area contributed by atoms with E-state index in [0.717, 1.165) is 38.6 Å². The second-order valence-electron chi connectivity index (χ2n) is 12.7. The lowest BCUT2D eigenvalue weighted by Crippen LogP contribution is -2.40. The standard InChI is InChI=1S/C43H37BrN2O5S/c1-5-50-42(48)37-38(30-13-7-6-8-14-30)45-43-46(39(37)31-20-18-28(19-21-31)26(2)3)41(47)36(52-43)24-27-22-34(44)40(35(23-27)49-4)51-25-32-16-11-15-29-12-9-10-17-33(29)32/h6-24,26,39H,5,25H2,1-4H3/b36-24-/t39-/m0/s1. The number of rotatable bonds is 10. The molecular formula is C43H37BrN2O5S. The molecule has 7 nitrogen and oxygen atoms in total. The van der Waals surface area contributed by atoms with E-state index in [1.54, 1.807) is 18.6 Å². The van der Waals surface area contributed by atoms with Crippen molar-refractivity contribution < 1.29 is 19.0 Å². The molecule has 1 aliphatic rings. The number of carbonyl (C=O) groups is 1. The van der Waals surface area contributed by atoms with E-state index in [9.17, 15) is 9.59 Å². The van der Waals surface area contributed by atoms with Crippen molar-refractivity contribution in [3.05, 3.63) is 167 Å². The highest BCUT2D eigenvalue weighted by Crippen LogP contribution is 2.38. The second kappa shape index (κ2) is 15.2. The fourth-order valence-electron chi connectivity index (χ4n) is 6.50. The molecule has 7 rings (SSSR count). The van der Waals surface area contributed by atoms with Gasteiger partial charge in [-0.3, -0.25) is 9.36 Å². The van der Waals surface area contributed by atoms with Crippen LogP contribution in [0.2, 0.25) is 0 Å². The van der Waals surface area contributed by atoms with Crippen LogP contribution < -0.4 is 24.4 Å². The van der Waals surface area contributed by atoms with Crippen LogP contribution in [0.25, 0.3) is 22.5 Å². The lowest BCUT2D eigenvalue weighted by molar-refractivity contribution is -0.138. The highest BCUT2D eigenvalue weighted by atomic mass is 79.9. The Balaban J connectivity index is 1.34. The topological polar surface area (TPSA) is 79.1 Å². The molecule has 0 aliphatic carbocycles. The third kappa shape index (κ3) is 6.86. The highest BCUT2D eigenvalue weighted by molar-refractivity contribution is 9.10. The maximum Gasteiger partial charge on any atom is 0.338 e. The molecule has 0 saturated carbocycles. The number of aromatic nitrogens is 1. The summed E-state index contributed by atoms with van der Waals surface area (Å²) < 4.78 is 20.5. The van der Waals surface area contributed by atoms with Crippen molar-refractivity contribution in [2.45, 2.75) is 39.3 Å². The third-order valence-corrected chi connectivity index (χ3v) is 10.7. The normalized spacial score (nSPS) is 14.3. The number of fused-ring (bicyclic) bond motifs is 2. The van der Waals surface area contributed by atoms with E-state index in [-0.39, 0.29) is 12.2 Å². The fraction of sp³-hybridized carbons (Fsp3) is 0.186. The minimum absolute atomic E-state index is 0.187. The van der Waals surface area contributed by atoms with Gasteiger partial charge < -0.3 is 14.2 Å². The van der Waals surface area contributed by atoms with Crippen LogP contribution in [0.1, 0.15) is 60.5 Å². The Kier molecular flexibility index (Phi) is 10.2. The zero-order valence-corrected chi connectivity index (χ0v) is 31.7. The Hall–Kier alpha value is -5.25. The first-order valence-corrected chi connectivity index (χ1v) is 18.7. The number of hydrogen-bond acceptors (Lipinski definition) is 7. The fourth-order valence-corrected chi connectivity index (χ4v) is 8.08. The first-order chi connectivity index (χ1) is 25.3. The zero-order valence-electron chi connectivity index (χ0n) is 29.3. The number of nitrogens with zero attached hydrogens (tertiary/aromatic N) is 2. The molecule has 1 atom stereocenters. The Morgan fingerprint density at radius 1 is 0.962 bits per heavy atom. The van der Waals surface area contributed by atoms with Crippen LogP contribution in [0.5, 0.6) is 11.5 Å². The van der Waals surface area contributed by atoms with E-state index in [1.165, 1.54) is 11.3 Å². The Bertz CT molecular complexity index is 2500. The summed E-state index contributed by atoms with van der Waals surface area (Å²) in [5, 5.41) is 2.27. The van der Waals surface area contributed by atoms with Gasteiger partial charge in [0.1, 0.15) is 6.61 Å². The Labute approximate surface area is 314 Å². The molecule has 2 heterocycles. The van der Waals surface area contributed by atoms with Crippen molar-refractivity contribution >= 4 is 55.8 Å². The van der Waals surface area contributed by atoms with Gasteiger partial charge in [-0.25, -0.2) is 9.79 Å². The van der Waals surface area contributed by atoms with E-state index in [2.05, 4.69) is 66.2 Å². The average Bonchev–Trinajstić information content (AvgIpc) is 3.47. The number of thiazole rings is 1. The first kappa shape index (κ1) is 35.2. The van der Waals surface area contributed by atoms with Gasteiger partial charge >= 0.3 is 5.97 Å². The molecule has 1 aromatic heterocycles. The van der Waals surface area contributed by atoms with Crippen LogP contribution in [-0.4, -0.2) is 24.3 Å². The number of esters is 1. The van der Waals surface area contributed by atoms with Gasteiger partial charge in [0.15, 0.2) is 16.3 Å². The van der Waals surface area contributed by atoms with Crippen LogP contribution in [0.4, 0.5) is 0 Å². The smallest absolute Gasteiger partial charge is 0.338 e. The monoisotopic (exact) mass is 772 g/mol. The van der Waals surface area contributed by atoms with Crippen molar-refractivity contribution in [2.75, 3.05) is 13.7 Å². The van der Waals surface area contributed by atoms with Gasteiger partial charge in [0.05, 0.1) is 40.0 Å². The predicted molar refractivity (Wildman–Crippen MR) is 211 cm³/mol. The molecule has 262 valence electrons. The molecule has 1 aliphatic heterocycles. The number of hydrogen-bond donors (Lipinski definition) is 0. The summed E-state index contributed by atoms with van der Waals surface area (Å²) in [6.45, 7) is 6.57. The van der Waals surface area contributed by atoms with E-state index < -0.39 is 12.0 Å². The molecule has 0 unspecified atom stereocenters. The lowest BCUT2D eigenvalue weighted by atomic mass is 9.91. The largest absolute Gasteiger partial charge is 0.493 e. The van der Waals surface area contributed by atoms with E-state index in [4.69, 9.17) is 19.2 Å². The average molecular weight is 774 g/mol. The molecule has 5 aromatic carbocycles. The van der Waals surface area contributed by atoms with E-state index in [0.29, 0.717) is 49.1 Å². The van der Waals surface area contributed by atoms with Crippen molar-refractivity contribution in [3.8, 4) is 11.5 Å². The molecule has 9 heteroatoms. The van der Waals surface area contributed by atoms with Gasteiger partial charge in [-0.15, -0.1) is 0 Å². The summed E-state index contributed by atoms with van der Waals surface area (Å²) in [6, 6.07) is 35.0. The molecule has 0 N–H and O–H groups in total. The number of benzene rings is 5. The molecule has 0 spiro atoms. The quantitative estimate of drug-likeness (QED) is 0.131. The summed E-state index contributed by atoms with van der Waals surface area (Å²) in [5.41, 5.74) is 5.05. The minimum atomic E-state index is -0.750. The van der Waals surface area contributed by atoms with Crippen LogP contribution >= 0.6 is 27.3 Å². The first-order valence-electron chi connectivity index (χ1n) is 17.1. The van der Waals surface area contributed by atoms with Crippen LogP contribution in [-0.2, 0) is 16.1 Å². The molecule has 0 bridgehead atoms. The molecule has 0 amide bonds. The van der Waals surface area contributed by atoms with Gasteiger partial charge in [0, 0.05) is 5.56 Å². The van der Waals surface area contributed by atoms with Crippen LogP contribution in [0.3, 0.4) is 0 Å². The molecule has 0 saturated heterocycles. The van der Waals surface area contributed by atoms with Gasteiger partial charge in [0.2, 0.25) is 0 Å². The molecule has 6 aromatic rings.